The molecular weight excluding hydrogens is 446 g/mol. The maximum absolute atomic E-state index is 12.4. The normalized spacial score (nSPS) is 14.2. The van der Waals surface area contributed by atoms with E-state index in [1.807, 2.05) is 45.0 Å². The van der Waals surface area contributed by atoms with Gasteiger partial charge in [0.25, 0.3) is 0 Å². The third kappa shape index (κ3) is 4.54. The summed E-state index contributed by atoms with van der Waals surface area (Å²) >= 11 is 1.67. The lowest BCUT2D eigenvalue weighted by atomic mass is 10.1. The number of para-hydroxylation sites is 1. The highest BCUT2D eigenvalue weighted by Crippen LogP contribution is 2.39. The van der Waals surface area contributed by atoms with E-state index < -0.39 is 5.60 Å². The Labute approximate surface area is 202 Å². The summed E-state index contributed by atoms with van der Waals surface area (Å²) in [5.41, 5.74) is 3.48. The summed E-state index contributed by atoms with van der Waals surface area (Å²) in [5.74, 6) is 0.827. The van der Waals surface area contributed by atoms with Gasteiger partial charge in [-0.1, -0.05) is 24.3 Å². The maximum atomic E-state index is 12.4. The first kappa shape index (κ1) is 22.2. The molecule has 4 heterocycles. The van der Waals surface area contributed by atoms with Gasteiger partial charge >= 0.3 is 6.09 Å². The van der Waals surface area contributed by atoms with Crippen molar-refractivity contribution in [1.82, 2.24) is 19.9 Å². The Hall–Kier alpha value is -3.65. The van der Waals surface area contributed by atoms with Crippen LogP contribution in [0.4, 0.5) is 21.3 Å². The average Bonchev–Trinajstić information content (AvgIpc) is 3.50. The summed E-state index contributed by atoms with van der Waals surface area (Å²) in [6, 6.07) is 16.5. The predicted molar refractivity (Wildman–Crippen MR) is 137 cm³/mol. The van der Waals surface area contributed by atoms with Crippen molar-refractivity contribution in [3.63, 3.8) is 0 Å². The van der Waals surface area contributed by atoms with Crippen molar-refractivity contribution >= 4 is 50.5 Å². The summed E-state index contributed by atoms with van der Waals surface area (Å²) < 4.78 is 5.51. The Balaban J connectivity index is 1.47. The number of H-pyrrole nitrogens is 1. The van der Waals surface area contributed by atoms with Crippen molar-refractivity contribution in [2.45, 2.75) is 32.8 Å². The van der Waals surface area contributed by atoms with Crippen LogP contribution >= 0.6 is 11.3 Å². The average molecular weight is 474 g/mol. The largest absolute Gasteiger partial charge is 0.444 e. The Bertz CT molecular complexity index is 1320. The number of fused-ring (bicyclic) bond motifs is 1. The van der Waals surface area contributed by atoms with E-state index in [1.54, 1.807) is 22.6 Å². The van der Waals surface area contributed by atoms with E-state index in [1.165, 1.54) is 0 Å². The number of benzene rings is 1. The van der Waals surface area contributed by atoms with Gasteiger partial charge in [0.2, 0.25) is 0 Å². The van der Waals surface area contributed by atoms with Gasteiger partial charge in [0.15, 0.2) is 5.82 Å². The summed E-state index contributed by atoms with van der Waals surface area (Å²) in [5, 5.41) is 4.10. The van der Waals surface area contributed by atoms with E-state index in [0.29, 0.717) is 13.1 Å². The lowest BCUT2D eigenvalue weighted by Gasteiger charge is -2.29. The number of aromatic nitrogens is 3. The number of hydrogen-bond donors (Lipinski definition) is 1. The molecule has 0 radical (unpaired) electrons. The second kappa shape index (κ2) is 8.95. The third-order valence-electron chi connectivity index (χ3n) is 5.56. The van der Waals surface area contributed by atoms with Gasteiger partial charge in [-0.3, -0.25) is 4.90 Å². The van der Waals surface area contributed by atoms with E-state index in [4.69, 9.17) is 4.74 Å². The molecule has 4 aromatic rings. The van der Waals surface area contributed by atoms with Crippen LogP contribution in [0.2, 0.25) is 0 Å². The zero-order valence-electron chi connectivity index (χ0n) is 19.5. The zero-order chi connectivity index (χ0) is 23.7. The number of ether oxygens (including phenoxy) is 1. The smallest absolute Gasteiger partial charge is 0.410 e. The van der Waals surface area contributed by atoms with E-state index in [0.717, 1.165) is 45.2 Å². The van der Waals surface area contributed by atoms with Crippen molar-refractivity contribution in [2.75, 3.05) is 18.0 Å². The molecule has 1 aromatic carbocycles. The fraction of sp³-hybridized carbons (Fsp3) is 0.269. The van der Waals surface area contributed by atoms with Crippen molar-refractivity contribution in [3.05, 3.63) is 72.0 Å². The molecule has 1 aliphatic rings. The minimum atomic E-state index is -0.499. The molecule has 0 saturated carbocycles. The van der Waals surface area contributed by atoms with Crippen LogP contribution < -0.4 is 4.90 Å². The van der Waals surface area contributed by atoms with Gasteiger partial charge in [0.1, 0.15) is 22.6 Å². The molecular formula is C26H27N5O2S. The lowest BCUT2D eigenvalue weighted by Crippen LogP contribution is -2.39. The van der Waals surface area contributed by atoms with Gasteiger partial charge in [-0.2, -0.15) is 0 Å². The van der Waals surface area contributed by atoms with Gasteiger partial charge in [0, 0.05) is 24.5 Å². The van der Waals surface area contributed by atoms with Gasteiger partial charge < -0.3 is 14.6 Å². The third-order valence-corrected chi connectivity index (χ3v) is 6.42. The number of thiophene rings is 1. The number of nitrogens with zero attached hydrogens (tertiary/aromatic N) is 4. The first-order valence-electron chi connectivity index (χ1n) is 11.3. The molecule has 0 fully saturated rings. The predicted octanol–water partition coefficient (Wildman–Crippen LogP) is 6.51. The van der Waals surface area contributed by atoms with Gasteiger partial charge in [-0.25, -0.2) is 14.8 Å². The molecule has 0 atom stereocenters. The number of rotatable bonds is 4. The Morgan fingerprint density at radius 1 is 1.15 bits per heavy atom. The topological polar surface area (TPSA) is 74.3 Å². The number of carbonyl (C=O) groups excluding carboxylic acids is 1. The molecule has 1 amide bonds. The van der Waals surface area contributed by atoms with Crippen molar-refractivity contribution in [3.8, 4) is 0 Å². The van der Waals surface area contributed by atoms with E-state index in [-0.39, 0.29) is 6.09 Å². The molecule has 3 aromatic heterocycles. The van der Waals surface area contributed by atoms with Crippen LogP contribution in [-0.4, -0.2) is 44.6 Å². The highest BCUT2D eigenvalue weighted by molar-refractivity contribution is 7.14. The minimum Gasteiger partial charge on any atom is -0.444 e. The van der Waals surface area contributed by atoms with E-state index >= 15 is 0 Å². The maximum Gasteiger partial charge on any atom is 0.410 e. The Kier molecular flexibility index (Phi) is 5.83. The van der Waals surface area contributed by atoms with E-state index in [2.05, 4.69) is 55.6 Å². The summed E-state index contributed by atoms with van der Waals surface area (Å²) in [6.07, 6.45) is 4.14. The van der Waals surface area contributed by atoms with Crippen LogP contribution in [0.3, 0.4) is 0 Å². The molecule has 8 heteroatoms. The summed E-state index contributed by atoms with van der Waals surface area (Å²) in [4.78, 5) is 28.9. The first-order chi connectivity index (χ1) is 16.4. The second-order valence-electron chi connectivity index (χ2n) is 9.17. The quantitative estimate of drug-likeness (QED) is 0.365. The Morgan fingerprint density at radius 3 is 2.65 bits per heavy atom. The SMILES string of the molecule is CC(C)(C)OC(=O)N1CC=C(c2cc3c(N(c4ccccc4)c4cccs4)ncnc3[nH]2)CC1. The fourth-order valence-electron chi connectivity index (χ4n) is 4.01. The molecule has 7 nitrogen and oxygen atoms in total. The van der Waals surface area contributed by atoms with Crippen LogP contribution in [0.25, 0.3) is 16.6 Å². The molecule has 174 valence electrons. The number of anilines is 3. The molecule has 1 N–H and O–H groups in total. The number of hydrogen-bond acceptors (Lipinski definition) is 6. The van der Waals surface area contributed by atoms with E-state index in [9.17, 15) is 4.79 Å². The van der Waals surface area contributed by atoms with Crippen LogP contribution in [0.1, 0.15) is 32.9 Å². The van der Waals surface area contributed by atoms with Gasteiger partial charge in [-0.05, 0) is 68.5 Å². The molecule has 0 spiro atoms. The standard InChI is InChI=1S/C26H27N5O2S/c1-26(2,3)33-25(32)30-13-11-18(12-14-30)21-16-20-23(29-21)27-17-28-24(20)31(22-10-7-15-34-22)19-8-5-4-6-9-19/h4-11,15-17H,12-14H2,1-3H3,(H,27,28,29). The molecule has 5 rings (SSSR count). The summed E-state index contributed by atoms with van der Waals surface area (Å²) in [6.45, 7) is 6.78. The number of nitrogens with one attached hydrogen (secondary N) is 1. The molecule has 0 unspecified atom stereocenters. The van der Waals surface area contributed by atoms with Crippen molar-refractivity contribution in [1.29, 1.82) is 0 Å². The number of aromatic amines is 1. The van der Waals surface area contributed by atoms with Crippen LogP contribution in [0.15, 0.2) is 66.3 Å². The highest BCUT2D eigenvalue weighted by Gasteiger charge is 2.25. The van der Waals surface area contributed by atoms with Crippen LogP contribution in [0.5, 0.6) is 0 Å². The molecule has 0 bridgehead atoms. The molecule has 0 aliphatic carbocycles. The monoisotopic (exact) mass is 473 g/mol. The summed E-state index contributed by atoms with van der Waals surface area (Å²) in [7, 11) is 0. The lowest BCUT2D eigenvalue weighted by molar-refractivity contribution is 0.0270. The fourth-order valence-corrected chi connectivity index (χ4v) is 4.76. The first-order valence-corrected chi connectivity index (χ1v) is 12.2. The molecule has 1 aliphatic heterocycles. The van der Waals surface area contributed by atoms with Crippen LogP contribution in [0, 0.1) is 0 Å². The minimum absolute atomic E-state index is 0.276. The highest BCUT2D eigenvalue weighted by atomic mass is 32.1. The van der Waals surface area contributed by atoms with Crippen molar-refractivity contribution in [2.24, 2.45) is 0 Å². The molecule has 34 heavy (non-hydrogen) atoms. The van der Waals surface area contributed by atoms with Gasteiger partial charge in [-0.15, -0.1) is 11.3 Å². The Morgan fingerprint density at radius 2 is 1.97 bits per heavy atom. The van der Waals surface area contributed by atoms with Crippen molar-refractivity contribution < 1.29 is 9.53 Å². The number of carbonyl (C=O) groups is 1. The second-order valence-corrected chi connectivity index (χ2v) is 10.1. The number of amides is 1. The molecule has 0 saturated heterocycles. The van der Waals surface area contributed by atoms with Crippen LogP contribution in [-0.2, 0) is 4.74 Å². The zero-order valence-corrected chi connectivity index (χ0v) is 20.3. The van der Waals surface area contributed by atoms with Gasteiger partial charge in [0.05, 0.1) is 5.39 Å².